The van der Waals surface area contributed by atoms with Crippen molar-refractivity contribution >= 4 is 29.3 Å². The van der Waals surface area contributed by atoms with Gasteiger partial charge in [0.25, 0.3) is 0 Å². The maximum atomic E-state index is 12.2. The Bertz CT molecular complexity index is 971. The lowest BCUT2D eigenvalue weighted by Crippen LogP contribution is -2.39. The number of para-hydroxylation sites is 1. The summed E-state index contributed by atoms with van der Waals surface area (Å²) in [7, 11) is 0. The highest BCUT2D eigenvalue weighted by Gasteiger charge is 2.26. The van der Waals surface area contributed by atoms with Gasteiger partial charge in [0.1, 0.15) is 18.8 Å². The fraction of sp³-hybridized carbons (Fsp3) is 0.150. The van der Waals surface area contributed by atoms with Gasteiger partial charge in [-0.25, -0.2) is 0 Å². The minimum Gasteiger partial charge on any atom is -0.458 e. The van der Waals surface area contributed by atoms with Crippen molar-refractivity contribution < 1.29 is 18.8 Å². The van der Waals surface area contributed by atoms with E-state index in [1.54, 1.807) is 6.07 Å². The molecule has 0 radical (unpaired) electrons. The summed E-state index contributed by atoms with van der Waals surface area (Å²) in [5.41, 5.74) is 2.15. The largest absolute Gasteiger partial charge is 0.458 e. The van der Waals surface area contributed by atoms with Crippen LogP contribution in [0.25, 0.3) is 11.3 Å². The van der Waals surface area contributed by atoms with E-state index < -0.39 is 5.97 Å². The molecule has 0 saturated carbocycles. The Kier molecular flexibility index (Phi) is 4.93. The molecule has 0 aliphatic carbocycles. The summed E-state index contributed by atoms with van der Waals surface area (Å²) in [5, 5.41) is 3.93. The summed E-state index contributed by atoms with van der Waals surface area (Å²) in [5.74, 6) is 0.324. The van der Waals surface area contributed by atoms with E-state index in [2.05, 4.69) is 5.16 Å². The van der Waals surface area contributed by atoms with Crippen LogP contribution in [0.3, 0.4) is 0 Å². The fourth-order valence-corrected chi connectivity index (χ4v) is 3.71. The minimum absolute atomic E-state index is 0.00635. The Labute approximate surface area is 160 Å². The quantitative estimate of drug-likeness (QED) is 0.631. The number of thioether (sulfide) groups is 1. The molecule has 27 heavy (non-hydrogen) atoms. The molecule has 7 heteroatoms. The average Bonchev–Trinajstić information content (AvgIpc) is 3.18. The predicted octanol–water partition coefficient (Wildman–Crippen LogP) is 3.52. The number of hydrogen-bond acceptors (Lipinski definition) is 6. The molecule has 0 fully saturated rings. The van der Waals surface area contributed by atoms with Gasteiger partial charge in [-0.2, -0.15) is 0 Å². The van der Waals surface area contributed by atoms with Gasteiger partial charge in [0.05, 0.1) is 11.4 Å². The predicted molar refractivity (Wildman–Crippen MR) is 101 cm³/mol. The number of benzene rings is 2. The molecule has 0 bridgehead atoms. The van der Waals surface area contributed by atoms with Gasteiger partial charge in [0, 0.05) is 16.5 Å². The second-order valence-electron chi connectivity index (χ2n) is 5.95. The van der Waals surface area contributed by atoms with Crippen molar-refractivity contribution in [1.29, 1.82) is 0 Å². The number of anilines is 1. The van der Waals surface area contributed by atoms with Crippen molar-refractivity contribution in [2.24, 2.45) is 0 Å². The average molecular weight is 380 g/mol. The summed E-state index contributed by atoms with van der Waals surface area (Å²) in [4.78, 5) is 26.9. The maximum Gasteiger partial charge on any atom is 0.326 e. The molecule has 0 unspecified atom stereocenters. The first-order valence-corrected chi connectivity index (χ1v) is 9.38. The molecule has 0 saturated heterocycles. The molecule has 3 aromatic rings. The van der Waals surface area contributed by atoms with Crippen molar-refractivity contribution in [2.45, 2.75) is 11.5 Å². The lowest BCUT2D eigenvalue weighted by atomic mass is 10.2. The van der Waals surface area contributed by atoms with Gasteiger partial charge in [-0.15, -0.1) is 11.8 Å². The molecule has 0 N–H and O–H groups in total. The highest BCUT2D eigenvalue weighted by Crippen LogP contribution is 2.34. The molecule has 0 atom stereocenters. The summed E-state index contributed by atoms with van der Waals surface area (Å²) in [6.07, 6.45) is 0. The molecule has 6 nitrogen and oxygen atoms in total. The van der Waals surface area contributed by atoms with Crippen molar-refractivity contribution in [3.8, 4) is 11.3 Å². The Morgan fingerprint density at radius 2 is 1.93 bits per heavy atom. The van der Waals surface area contributed by atoms with Crippen LogP contribution in [0.5, 0.6) is 0 Å². The Balaban J connectivity index is 1.38. The van der Waals surface area contributed by atoms with Crippen LogP contribution in [0.2, 0.25) is 0 Å². The third-order valence-electron chi connectivity index (χ3n) is 4.09. The number of carbonyl (C=O) groups excluding carboxylic acids is 2. The molecule has 4 rings (SSSR count). The number of carbonyl (C=O) groups is 2. The minimum atomic E-state index is -0.491. The molecule has 136 valence electrons. The molecular weight excluding hydrogens is 364 g/mol. The van der Waals surface area contributed by atoms with Crippen LogP contribution in [0, 0.1) is 0 Å². The zero-order valence-electron chi connectivity index (χ0n) is 14.3. The van der Waals surface area contributed by atoms with E-state index in [4.69, 9.17) is 9.26 Å². The van der Waals surface area contributed by atoms with Crippen LogP contribution in [0.4, 0.5) is 5.69 Å². The van der Waals surface area contributed by atoms with E-state index in [1.807, 2.05) is 54.6 Å². The Hall–Kier alpha value is -3.06. The van der Waals surface area contributed by atoms with Crippen LogP contribution in [0.15, 0.2) is 70.1 Å². The lowest BCUT2D eigenvalue weighted by molar-refractivity contribution is -0.144. The molecular formula is C20H16N2O4S. The first kappa shape index (κ1) is 17.4. The van der Waals surface area contributed by atoms with E-state index in [0.29, 0.717) is 17.2 Å². The first-order valence-electron chi connectivity index (χ1n) is 8.39. The number of rotatable bonds is 5. The number of hydrogen-bond donors (Lipinski definition) is 0. The van der Waals surface area contributed by atoms with Crippen molar-refractivity contribution in [2.75, 3.05) is 17.2 Å². The molecule has 1 aromatic heterocycles. The Morgan fingerprint density at radius 1 is 1.15 bits per heavy atom. The van der Waals surface area contributed by atoms with E-state index >= 15 is 0 Å². The van der Waals surface area contributed by atoms with Crippen LogP contribution in [-0.4, -0.2) is 29.3 Å². The monoisotopic (exact) mass is 380 g/mol. The van der Waals surface area contributed by atoms with E-state index in [0.717, 1.165) is 16.1 Å². The van der Waals surface area contributed by atoms with Crippen molar-refractivity contribution in [1.82, 2.24) is 5.16 Å². The van der Waals surface area contributed by atoms with Crippen molar-refractivity contribution in [3.05, 3.63) is 66.4 Å². The fourth-order valence-electron chi connectivity index (χ4n) is 2.77. The number of fused-ring (bicyclic) bond motifs is 1. The van der Waals surface area contributed by atoms with Crippen LogP contribution < -0.4 is 4.90 Å². The summed E-state index contributed by atoms with van der Waals surface area (Å²) in [6, 6.07) is 18.8. The zero-order valence-corrected chi connectivity index (χ0v) is 15.1. The lowest BCUT2D eigenvalue weighted by Gasteiger charge is -2.27. The van der Waals surface area contributed by atoms with E-state index in [9.17, 15) is 9.59 Å². The second-order valence-corrected chi connectivity index (χ2v) is 6.96. The van der Waals surface area contributed by atoms with Crippen LogP contribution in [0.1, 0.15) is 5.69 Å². The van der Waals surface area contributed by atoms with Gasteiger partial charge in [0.2, 0.25) is 5.91 Å². The molecule has 1 amide bonds. The van der Waals surface area contributed by atoms with Crippen molar-refractivity contribution in [3.63, 3.8) is 0 Å². The summed E-state index contributed by atoms with van der Waals surface area (Å²) < 4.78 is 10.6. The van der Waals surface area contributed by atoms with Gasteiger partial charge in [-0.05, 0) is 12.1 Å². The molecule has 2 heterocycles. The van der Waals surface area contributed by atoms with E-state index in [1.165, 1.54) is 16.7 Å². The van der Waals surface area contributed by atoms with E-state index in [-0.39, 0.29) is 19.1 Å². The van der Waals surface area contributed by atoms with Crippen LogP contribution in [-0.2, 0) is 20.9 Å². The first-order chi connectivity index (χ1) is 13.2. The van der Waals surface area contributed by atoms with Crippen LogP contribution >= 0.6 is 11.8 Å². The van der Waals surface area contributed by atoms with Gasteiger partial charge in [-0.1, -0.05) is 47.6 Å². The highest BCUT2D eigenvalue weighted by molar-refractivity contribution is 8.00. The summed E-state index contributed by atoms with van der Waals surface area (Å²) in [6.45, 7) is -0.132. The summed E-state index contributed by atoms with van der Waals surface area (Å²) >= 11 is 1.47. The maximum absolute atomic E-state index is 12.2. The molecule has 1 aliphatic heterocycles. The molecule has 1 aliphatic rings. The van der Waals surface area contributed by atoms with Gasteiger partial charge in [0.15, 0.2) is 5.76 Å². The Morgan fingerprint density at radius 3 is 2.78 bits per heavy atom. The number of nitrogens with zero attached hydrogens (tertiary/aromatic N) is 2. The number of esters is 1. The number of amides is 1. The third-order valence-corrected chi connectivity index (χ3v) is 5.14. The van der Waals surface area contributed by atoms with Gasteiger partial charge < -0.3 is 9.26 Å². The number of aromatic nitrogens is 1. The smallest absolute Gasteiger partial charge is 0.326 e. The number of ether oxygens (including phenoxy) is 1. The highest BCUT2D eigenvalue weighted by atomic mass is 32.2. The van der Waals surface area contributed by atoms with Gasteiger partial charge >= 0.3 is 5.97 Å². The zero-order chi connectivity index (χ0) is 18.6. The second kappa shape index (κ2) is 7.67. The third kappa shape index (κ3) is 3.88. The SMILES string of the molecule is O=C(CN1C(=O)CSc2ccccc21)OCc1cc(-c2ccccc2)on1. The molecule has 2 aromatic carbocycles. The normalized spacial score (nSPS) is 13.3. The topological polar surface area (TPSA) is 72.6 Å². The standard InChI is InChI=1S/C20H16N2O4S/c23-19-13-27-18-9-5-4-8-16(18)22(19)11-20(24)25-12-15-10-17(26-21-15)14-6-2-1-3-7-14/h1-10H,11-13H2. The van der Waals surface area contributed by atoms with Gasteiger partial charge in [-0.3, -0.25) is 14.5 Å². The molecule has 0 spiro atoms.